The lowest BCUT2D eigenvalue weighted by atomic mass is 9.88. The zero-order chi connectivity index (χ0) is 25.1. The third-order valence-electron chi connectivity index (χ3n) is 7.24. The normalized spacial score (nSPS) is 32.8. The number of hydrogen-bond donors (Lipinski definition) is 2. The molecule has 4 unspecified atom stereocenters. The molecule has 2 aliphatic carbocycles. The monoisotopic (exact) mass is 496 g/mol. The van der Waals surface area contributed by atoms with E-state index in [-0.39, 0.29) is 36.4 Å². The first kappa shape index (κ1) is 27.0. The lowest BCUT2D eigenvalue weighted by Crippen LogP contribution is -2.46. The number of amides is 1. The summed E-state index contributed by atoms with van der Waals surface area (Å²) in [6.45, 7) is 5.29. The van der Waals surface area contributed by atoms with E-state index >= 15 is 0 Å². The Morgan fingerprint density at radius 2 is 1.88 bits per heavy atom. The molecule has 0 bridgehead atoms. The fraction of sp³-hybridized carbons (Fsp3) is 0.792. The van der Waals surface area contributed by atoms with Crippen molar-refractivity contribution in [3.63, 3.8) is 0 Å². The molecule has 10 heteroatoms. The van der Waals surface area contributed by atoms with Crippen LogP contribution in [0.4, 0.5) is 26.3 Å². The maximum absolute atomic E-state index is 13.2. The molecule has 0 aromatic carbocycles. The van der Waals surface area contributed by atoms with E-state index in [0.29, 0.717) is 31.6 Å². The number of alkyl halides is 6. The van der Waals surface area contributed by atoms with Crippen molar-refractivity contribution >= 4 is 5.91 Å². The summed E-state index contributed by atoms with van der Waals surface area (Å²) >= 11 is 0. The summed E-state index contributed by atoms with van der Waals surface area (Å²) in [5, 5.41) is 6.33. The smallest absolute Gasteiger partial charge is 0.381 e. The lowest BCUT2D eigenvalue weighted by Gasteiger charge is -2.32. The van der Waals surface area contributed by atoms with E-state index in [9.17, 15) is 31.1 Å². The minimum Gasteiger partial charge on any atom is -0.381 e. The maximum atomic E-state index is 13.2. The second kappa shape index (κ2) is 11.0. The topological polar surface area (TPSA) is 50.4 Å². The average Bonchev–Trinajstić information content (AvgIpc) is 3.15. The number of allylic oxidation sites excluding steroid dienone is 3. The van der Waals surface area contributed by atoms with Crippen molar-refractivity contribution in [2.24, 2.45) is 23.7 Å². The molecule has 1 amide bonds. The van der Waals surface area contributed by atoms with Gasteiger partial charge in [-0.1, -0.05) is 26.3 Å². The highest BCUT2D eigenvalue weighted by Gasteiger charge is 2.43. The molecule has 3 aliphatic rings. The molecule has 0 aromatic heterocycles. The number of hydrogen-bond acceptors (Lipinski definition) is 3. The van der Waals surface area contributed by atoms with Gasteiger partial charge in [-0.15, -0.1) is 0 Å². The molecular weight excluding hydrogens is 462 g/mol. The number of ether oxygens (including phenoxy) is 1. The molecule has 0 radical (unpaired) electrons. The van der Waals surface area contributed by atoms with Crippen LogP contribution in [-0.4, -0.2) is 50.1 Å². The molecule has 6 atom stereocenters. The summed E-state index contributed by atoms with van der Waals surface area (Å²) in [6, 6.07) is 0.465. The van der Waals surface area contributed by atoms with Gasteiger partial charge in [0.2, 0.25) is 5.91 Å². The Labute approximate surface area is 196 Å². The molecule has 1 saturated carbocycles. The van der Waals surface area contributed by atoms with Crippen LogP contribution in [0.5, 0.6) is 0 Å². The standard InChI is InChI=1S/C24H34F6N2O2/c1-3-4-16-9-19(32-21-5-6-34-13-14(21)2)11-20(16)22(33)31-12-15-7-17(23(25,26)27)10-18(8-15)24(28,29)30/h7,10,14-16,19-21,32H,3-6,8-9,11-13H2,1-2H3,(H,31,33)/t14?,15?,16?,19-,20-,21?/m1/s1. The third kappa shape index (κ3) is 6.99. The van der Waals surface area contributed by atoms with Gasteiger partial charge in [-0.2, -0.15) is 26.3 Å². The van der Waals surface area contributed by atoms with E-state index in [1.807, 2.05) is 6.92 Å². The maximum Gasteiger partial charge on any atom is 0.416 e. The van der Waals surface area contributed by atoms with Crippen LogP contribution in [0.2, 0.25) is 0 Å². The number of carbonyl (C=O) groups excluding carboxylic acids is 1. The van der Waals surface area contributed by atoms with Crippen LogP contribution in [0.1, 0.15) is 52.4 Å². The molecule has 34 heavy (non-hydrogen) atoms. The molecule has 194 valence electrons. The third-order valence-corrected chi connectivity index (χ3v) is 7.24. The average molecular weight is 497 g/mol. The second-order valence-electron chi connectivity index (χ2n) is 9.93. The van der Waals surface area contributed by atoms with E-state index < -0.39 is 35.8 Å². The van der Waals surface area contributed by atoms with Gasteiger partial charge in [0.25, 0.3) is 0 Å². The van der Waals surface area contributed by atoms with Crippen LogP contribution < -0.4 is 10.6 Å². The Kier molecular flexibility index (Phi) is 8.76. The summed E-state index contributed by atoms with van der Waals surface area (Å²) in [5.74, 6) is -1.16. The highest BCUT2D eigenvalue weighted by molar-refractivity contribution is 5.79. The van der Waals surface area contributed by atoms with Gasteiger partial charge in [-0.05, 0) is 55.9 Å². The first-order valence-electron chi connectivity index (χ1n) is 12.1. The van der Waals surface area contributed by atoms with Crippen LogP contribution in [0, 0.1) is 23.7 Å². The SMILES string of the molecule is CCCC1C[C@@H](NC2CCOCC2C)C[C@H]1C(=O)NCC1C=C(C(F)(F)F)C=C(C(F)(F)F)C1. The lowest BCUT2D eigenvalue weighted by molar-refractivity contribution is -0.126. The molecule has 1 aliphatic heterocycles. The molecule has 2 N–H and O–H groups in total. The molecule has 1 saturated heterocycles. The second-order valence-corrected chi connectivity index (χ2v) is 9.93. The highest BCUT2D eigenvalue weighted by Crippen LogP contribution is 2.40. The number of rotatable bonds is 7. The predicted molar refractivity (Wildman–Crippen MR) is 116 cm³/mol. The van der Waals surface area contributed by atoms with Gasteiger partial charge in [0, 0.05) is 36.7 Å². The summed E-state index contributed by atoms with van der Waals surface area (Å²) in [5.41, 5.74) is -2.54. The van der Waals surface area contributed by atoms with Crippen LogP contribution >= 0.6 is 0 Å². The minimum atomic E-state index is -4.88. The predicted octanol–water partition coefficient (Wildman–Crippen LogP) is 5.31. The van der Waals surface area contributed by atoms with Crippen molar-refractivity contribution in [3.8, 4) is 0 Å². The number of halogens is 6. The molecule has 2 fully saturated rings. The van der Waals surface area contributed by atoms with Crippen LogP contribution in [0.25, 0.3) is 0 Å². The van der Waals surface area contributed by atoms with Crippen LogP contribution in [-0.2, 0) is 9.53 Å². The summed E-state index contributed by atoms with van der Waals surface area (Å²) in [7, 11) is 0. The Morgan fingerprint density at radius 1 is 1.15 bits per heavy atom. The van der Waals surface area contributed by atoms with Crippen molar-refractivity contribution in [2.75, 3.05) is 19.8 Å². The highest BCUT2D eigenvalue weighted by atomic mass is 19.4. The van der Waals surface area contributed by atoms with Gasteiger partial charge in [0.1, 0.15) is 0 Å². The van der Waals surface area contributed by atoms with Gasteiger partial charge in [-0.3, -0.25) is 4.79 Å². The van der Waals surface area contributed by atoms with Crippen molar-refractivity contribution in [3.05, 3.63) is 23.3 Å². The van der Waals surface area contributed by atoms with Gasteiger partial charge in [0.15, 0.2) is 0 Å². The van der Waals surface area contributed by atoms with E-state index in [2.05, 4.69) is 17.6 Å². The van der Waals surface area contributed by atoms with Gasteiger partial charge < -0.3 is 15.4 Å². The first-order chi connectivity index (χ1) is 15.9. The van der Waals surface area contributed by atoms with Gasteiger partial charge in [0.05, 0.1) is 12.2 Å². The zero-order valence-electron chi connectivity index (χ0n) is 19.6. The Morgan fingerprint density at radius 3 is 2.50 bits per heavy atom. The zero-order valence-corrected chi connectivity index (χ0v) is 19.6. The van der Waals surface area contributed by atoms with Gasteiger partial charge >= 0.3 is 12.4 Å². The number of nitrogens with one attached hydrogen (secondary N) is 2. The molecule has 4 nitrogen and oxygen atoms in total. The van der Waals surface area contributed by atoms with E-state index in [4.69, 9.17) is 4.74 Å². The largest absolute Gasteiger partial charge is 0.416 e. The first-order valence-corrected chi connectivity index (χ1v) is 12.1. The van der Waals surface area contributed by atoms with Crippen molar-refractivity contribution in [2.45, 2.75) is 76.8 Å². The Bertz CT molecular complexity index is 776. The molecule has 0 spiro atoms. The van der Waals surface area contributed by atoms with Gasteiger partial charge in [-0.25, -0.2) is 0 Å². The Hall–Kier alpha value is -1.55. The van der Waals surface area contributed by atoms with Crippen molar-refractivity contribution in [1.29, 1.82) is 0 Å². The van der Waals surface area contributed by atoms with Crippen molar-refractivity contribution in [1.82, 2.24) is 10.6 Å². The molecular formula is C24H34F6N2O2. The summed E-state index contributed by atoms with van der Waals surface area (Å²) in [4.78, 5) is 13.0. The van der Waals surface area contributed by atoms with Crippen molar-refractivity contribution < 1.29 is 35.9 Å². The quantitative estimate of drug-likeness (QED) is 0.470. The van der Waals surface area contributed by atoms with Crippen LogP contribution in [0.3, 0.4) is 0 Å². The summed E-state index contributed by atoms with van der Waals surface area (Å²) in [6.07, 6.45) is -5.25. The summed E-state index contributed by atoms with van der Waals surface area (Å²) < 4.78 is 84.4. The van der Waals surface area contributed by atoms with E-state index in [0.717, 1.165) is 31.8 Å². The molecule has 1 heterocycles. The van der Waals surface area contributed by atoms with Crippen LogP contribution in [0.15, 0.2) is 23.3 Å². The minimum absolute atomic E-state index is 0.135. The molecule has 0 aromatic rings. The Balaban J connectivity index is 1.62. The van der Waals surface area contributed by atoms with E-state index in [1.54, 1.807) is 0 Å². The molecule has 3 rings (SSSR count). The van der Waals surface area contributed by atoms with E-state index in [1.165, 1.54) is 0 Å². The fourth-order valence-electron chi connectivity index (χ4n) is 5.46. The fourth-order valence-corrected chi connectivity index (χ4v) is 5.46. The number of carbonyl (C=O) groups is 1.